The Labute approximate surface area is 109 Å². The summed E-state index contributed by atoms with van der Waals surface area (Å²) >= 11 is 11.8. The number of carbonyl (C=O) groups excluding carboxylic acids is 1. The normalized spacial score (nSPS) is 27.5. The molecule has 1 fully saturated rings. The van der Waals surface area contributed by atoms with Crippen LogP contribution in [0.25, 0.3) is 0 Å². The first-order valence-corrected chi connectivity index (χ1v) is 6.00. The van der Waals surface area contributed by atoms with Crippen LogP contribution in [0.4, 0.5) is 0 Å². The fourth-order valence-electron chi connectivity index (χ4n) is 1.61. The molecule has 17 heavy (non-hydrogen) atoms. The van der Waals surface area contributed by atoms with Gasteiger partial charge in [0.15, 0.2) is 0 Å². The summed E-state index contributed by atoms with van der Waals surface area (Å²) in [5, 5.41) is 12.3. The molecule has 0 saturated heterocycles. The predicted octanol–water partition coefficient (Wildman–Crippen LogP) is 2.01. The lowest BCUT2D eigenvalue weighted by Crippen LogP contribution is -2.35. The van der Waals surface area contributed by atoms with E-state index in [0.29, 0.717) is 12.2 Å². The summed E-state index contributed by atoms with van der Waals surface area (Å²) in [5.74, 6) is 0.155. The average Bonchev–Trinajstić information content (AvgIpc) is 2.73. The summed E-state index contributed by atoms with van der Waals surface area (Å²) in [7, 11) is 0. The zero-order valence-corrected chi connectivity index (χ0v) is 10.8. The second-order valence-corrected chi connectivity index (χ2v) is 5.94. The topological polar surface area (TPSA) is 62.5 Å². The van der Waals surface area contributed by atoms with Crippen molar-refractivity contribution in [3.63, 3.8) is 0 Å². The van der Waals surface area contributed by atoms with Gasteiger partial charge in [0.25, 0.3) is 0 Å². The van der Waals surface area contributed by atoms with Gasteiger partial charge in [0.1, 0.15) is 16.2 Å². The SMILES string of the molecule is CC1(C(=O)NCC(O)c2ccco2)CC1(Cl)Cl. The van der Waals surface area contributed by atoms with Gasteiger partial charge in [0, 0.05) is 0 Å². The van der Waals surface area contributed by atoms with E-state index in [-0.39, 0.29) is 12.5 Å². The number of aliphatic hydroxyl groups is 1. The van der Waals surface area contributed by atoms with Crippen molar-refractivity contribution in [1.29, 1.82) is 0 Å². The fraction of sp³-hybridized carbons (Fsp3) is 0.545. The highest BCUT2D eigenvalue weighted by molar-refractivity contribution is 6.53. The van der Waals surface area contributed by atoms with Gasteiger partial charge in [-0.3, -0.25) is 4.79 Å². The maximum Gasteiger partial charge on any atom is 0.229 e. The quantitative estimate of drug-likeness (QED) is 0.828. The van der Waals surface area contributed by atoms with Gasteiger partial charge in [-0.05, 0) is 25.5 Å². The molecule has 6 heteroatoms. The lowest BCUT2D eigenvalue weighted by molar-refractivity contribution is -0.126. The van der Waals surface area contributed by atoms with Crippen LogP contribution in [0.1, 0.15) is 25.2 Å². The number of nitrogens with one attached hydrogen (secondary N) is 1. The van der Waals surface area contributed by atoms with E-state index in [4.69, 9.17) is 27.6 Å². The number of carbonyl (C=O) groups is 1. The molecule has 0 spiro atoms. The van der Waals surface area contributed by atoms with Crippen LogP contribution in [0, 0.1) is 5.41 Å². The standard InChI is InChI=1S/C11H13Cl2NO3/c1-10(6-11(10,12)13)9(16)14-5-7(15)8-3-2-4-17-8/h2-4,7,15H,5-6H2,1H3,(H,14,16). The minimum Gasteiger partial charge on any atom is -0.467 e. The van der Waals surface area contributed by atoms with Crippen LogP contribution in [-0.2, 0) is 4.79 Å². The number of rotatable bonds is 4. The summed E-state index contributed by atoms with van der Waals surface area (Å²) in [5.41, 5.74) is -0.765. The van der Waals surface area contributed by atoms with E-state index < -0.39 is 15.9 Å². The van der Waals surface area contributed by atoms with Gasteiger partial charge < -0.3 is 14.8 Å². The fourth-order valence-corrected chi connectivity index (χ4v) is 2.32. The Balaban J connectivity index is 1.86. The average molecular weight is 278 g/mol. The van der Waals surface area contributed by atoms with Gasteiger partial charge in [-0.2, -0.15) is 0 Å². The molecular weight excluding hydrogens is 265 g/mol. The van der Waals surface area contributed by atoms with Crippen LogP contribution in [0.3, 0.4) is 0 Å². The van der Waals surface area contributed by atoms with Gasteiger partial charge in [-0.15, -0.1) is 23.2 Å². The van der Waals surface area contributed by atoms with Gasteiger partial charge in [-0.25, -0.2) is 0 Å². The number of aliphatic hydroxyl groups excluding tert-OH is 1. The van der Waals surface area contributed by atoms with E-state index >= 15 is 0 Å². The highest BCUT2D eigenvalue weighted by Gasteiger charge is 2.67. The first-order valence-electron chi connectivity index (χ1n) is 5.24. The molecule has 0 aromatic carbocycles. The van der Waals surface area contributed by atoms with Crippen LogP contribution in [-0.4, -0.2) is 21.9 Å². The monoisotopic (exact) mass is 277 g/mol. The van der Waals surface area contributed by atoms with E-state index in [0.717, 1.165) is 0 Å². The molecular formula is C11H13Cl2NO3. The number of furan rings is 1. The third-order valence-electron chi connectivity index (χ3n) is 3.09. The summed E-state index contributed by atoms with van der Waals surface area (Å²) in [6.07, 6.45) is 1.02. The summed E-state index contributed by atoms with van der Waals surface area (Å²) in [6, 6.07) is 3.31. The second kappa shape index (κ2) is 4.19. The van der Waals surface area contributed by atoms with Crippen molar-refractivity contribution >= 4 is 29.1 Å². The largest absolute Gasteiger partial charge is 0.467 e. The Bertz CT molecular complexity index is 418. The van der Waals surface area contributed by atoms with E-state index in [1.807, 2.05) is 0 Å². The highest BCUT2D eigenvalue weighted by Crippen LogP contribution is 2.63. The molecule has 1 aliphatic rings. The Morgan fingerprint density at radius 3 is 2.82 bits per heavy atom. The molecule has 2 unspecified atom stereocenters. The molecule has 0 aliphatic heterocycles. The van der Waals surface area contributed by atoms with Crippen LogP contribution in [0.5, 0.6) is 0 Å². The number of hydrogen-bond donors (Lipinski definition) is 2. The van der Waals surface area contributed by atoms with E-state index in [1.54, 1.807) is 19.1 Å². The Hall–Kier alpha value is -0.710. The molecule has 94 valence electrons. The molecule has 0 radical (unpaired) electrons. The third-order valence-corrected chi connectivity index (χ3v) is 4.19. The minimum atomic E-state index is -0.993. The zero-order chi connectivity index (χ0) is 12.7. The number of alkyl halides is 2. The number of halogens is 2. The maximum absolute atomic E-state index is 11.8. The van der Waals surface area contributed by atoms with Crippen molar-refractivity contribution in [1.82, 2.24) is 5.32 Å². The molecule has 2 rings (SSSR count). The van der Waals surface area contributed by atoms with Crippen molar-refractivity contribution < 1.29 is 14.3 Å². The number of hydrogen-bond acceptors (Lipinski definition) is 3. The van der Waals surface area contributed by atoms with Gasteiger partial charge >= 0.3 is 0 Å². The van der Waals surface area contributed by atoms with Crippen LogP contribution in [0.2, 0.25) is 0 Å². The summed E-state index contributed by atoms with van der Waals surface area (Å²) < 4.78 is 4.02. The van der Waals surface area contributed by atoms with Crippen LogP contribution >= 0.6 is 23.2 Å². The van der Waals surface area contributed by atoms with Gasteiger partial charge in [0.05, 0.1) is 18.2 Å². The van der Waals surface area contributed by atoms with E-state index in [1.165, 1.54) is 6.26 Å². The van der Waals surface area contributed by atoms with Crippen molar-refractivity contribution in [2.24, 2.45) is 5.41 Å². The molecule has 0 bridgehead atoms. The molecule has 1 aromatic rings. The lowest BCUT2D eigenvalue weighted by atomic mass is 10.1. The smallest absolute Gasteiger partial charge is 0.229 e. The Morgan fingerprint density at radius 2 is 2.35 bits per heavy atom. The highest BCUT2D eigenvalue weighted by atomic mass is 35.5. The third kappa shape index (κ3) is 2.30. The maximum atomic E-state index is 11.8. The van der Waals surface area contributed by atoms with Crippen molar-refractivity contribution in [2.45, 2.75) is 23.8 Å². The zero-order valence-electron chi connectivity index (χ0n) is 9.24. The van der Waals surface area contributed by atoms with Crippen molar-refractivity contribution in [3.8, 4) is 0 Å². The van der Waals surface area contributed by atoms with Crippen LogP contribution in [0.15, 0.2) is 22.8 Å². The molecule has 1 saturated carbocycles. The summed E-state index contributed by atoms with van der Waals surface area (Å²) in [4.78, 5) is 11.8. The second-order valence-electron chi connectivity index (χ2n) is 4.45. The van der Waals surface area contributed by atoms with Gasteiger partial charge in [-0.1, -0.05) is 0 Å². The first kappa shape index (κ1) is 12.7. The number of amides is 1. The molecule has 4 nitrogen and oxygen atoms in total. The molecule has 1 heterocycles. The predicted molar refractivity (Wildman–Crippen MR) is 63.8 cm³/mol. The molecule has 2 atom stereocenters. The molecule has 1 aromatic heterocycles. The van der Waals surface area contributed by atoms with E-state index in [9.17, 15) is 9.90 Å². The summed E-state index contributed by atoms with van der Waals surface area (Å²) in [6.45, 7) is 1.77. The lowest BCUT2D eigenvalue weighted by Gasteiger charge is -2.14. The molecule has 2 N–H and O–H groups in total. The molecule has 1 aliphatic carbocycles. The Morgan fingerprint density at radius 1 is 1.71 bits per heavy atom. The van der Waals surface area contributed by atoms with E-state index in [2.05, 4.69) is 5.32 Å². The van der Waals surface area contributed by atoms with Crippen LogP contribution < -0.4 is 5.32 Å². The Kier molecular flexibility index (Phi) is 3.14. The molecule has 1 amide bonds. The minimum absolute atomic E-state index is 0.0752. The van der Waals surface area contributed by atoms with Crippen molar-refractivity contribution in [3.05, 3.63) is 24.2 Å². The first-order chi connectivity index (χ1) is 7.87. The van der Waals surface area contributed by atoms with Gasteiger partial charge in [0.2, 0.25) is 5.91 Å². The van der Waals surface area contributed by atoms with Crippen molar-refractivity contribution in [2.75, 3.05) is 6.54 Å².